The van der Waals surface area contributed by atoms with Gasteiger partial charge in [0.05, 0.1) is 4.47 Å². The van der Waals surface area contributed by atoms with Gasteiger partial charge in [0.1, 0.15) is 11.4 Å². The molecule has 1 nitrogen and oxygen atoms in total. The fourth-order valence-corrected chi connectivity index (χ4v) is 1.64. The molecule has 1 unspecified atom stereocenters. The van der Waals surface area contributed by atoms with Crippen molar-refractivity contribution in [1.82, 2.24) is 0 Å². The zero-order valence-corrected chi connectivity index (χ0v) is 8.61. The van der Waals surface area contributed by atoms with E-state index in [-0.39, 0.29) is 10.0 Å². The number of hydrogen-bond acceptors (Lipinski definition) is 1. The SMILES string of the molecule is NC1(c2ccc(Br)c(F)c2)CC1(F)F. The van der Waals surface area contributed by atoms with Crippen LogP contribution in [0.15, 0.2) is 22.7 Å². The lowest BCUT2D eigenvalue weighted by molar-refractivity contribution is 0.0890. The van der Waals surface area contributed by atoms with E-state index in [0.29, 0.717) is 0 Å². The van der Waals surface area contributed by atoms with E-state index in [1.807, 2.05) is 0 Å². The summed E-state index contributed by atoms with van der Waals surface area (Å²) in [5, 5.41) is 0. The predicted molar refractivity (Wildman–Crippen MR) is 49.5 cm³/mol. The summed E-state index contributed by atoms with van der Waals surface area (Å²) >= 11 is 2.94. The molecule has 0 heterocycles. The van der Waals surface area contributed by atoms with Gasteiger partial charge >= 0.3 is 0 Å². The van der Waals surface area contributed by atoms with Crippen LogP contribution in [-0.4, -0.2) is 5.92 Å². The standard InChI is InChI=1S/C9H7BrF3N/c10-6-2-1-5(3-7(6)11)8(14)4-9(8,12)13/h1-3H,4,14H2. The molecule has 1 atom stereocenters. The maximum absolute atomic E-state index is 13.0. The first-order valence-corrected chi connectivity index (χ1v) is 4.78. The normalized spacial score (nSPS) is 28.9. The van der Waals surface area contributed by atoms with Crippen LogP contribution in [0.4, 0.5) is 13.2 Å². The van der Waals surface area contributed by atoms with Crippen molar-refractivity contribution in [3.8, 4) is 0 Å². The fraction of sp³-hybridized carbons (Fsp3) is 0.333. The molecule has 0 saturated heterocycles. The molecule has 5 heteroatoms. The summed E-state index contributed by atoms with van der Waals surface area (Å²) in [4.78, 5) is 0. The predicted octanol–water partition coefficient (Wildman–Crippen LogP) is 2.78. The molecule has 0 radical (unpaired) electrons. The zero-order chi connectivity index (χ0) is 10.6. The summed E-state index contributed by atoms with van der Waals surface area (Å²) in [5.41, 5.74) is 3.90. The maximum Gasteiger partial charge on any atom is 0.272 e. The largest absolute Gasteiger partial charge is 0.316 e. The van der Waals surface area contributed by atoms with E-state index in [9.17, 15) is 13.2 Å². The zero-order valence-electron chi connectivity index (χ0n) is 7.03. The molecule has 1 aromatic rings. The van der Waals surface area contributed by atoms with Gasteiger partial charge in [0.15, 0.2) is 0 Å². The molecule has 0 aliphatic heterocycles. The van der Waals surface area contributed by atoms with E-state index < -0.39 is 23.7 Å². The van der Waals surface area contributed by atoms with E-state index in [1.165, 1.54) is 12.1 Å². The molecule has 14 heavy (non-hydrogen) atoms. The number of halogens is 4. The average Bonchev–Trinajstić information content (AvgIpc) is 2.58. The number of hydrogen-bond donors (Lipinski definition) is 1. The lowest BCUT2D eigenvalue weighted by atomic mass is 10.1. The van der Waals surface area contributed by atoms with Crippen molar-refractivity contribution >= 4 is 15.9 Å². The van der Waals surface area contributed by atoms with Crippen LogP contribution in [0.2, 0.25) is 0 Å². The summed E-state index contributed by atoms with van der Waals surface area (Å²) in [6.07, 6.45) is -0.416. The molecule has 2 N–H and O–H groups in total. The molecule has 1 aliphatic carbocycles. The molecule has 1 aromatic carbocycles. The molecule has 0 aromatic heterocycles. The van der Waals surface area contributed by atoms with Gasteiger partial charge in [-0.05, 0) is 33.6 Å². The molecule has 76 valence electrons. The Morgan fingerprint density at radius 2 is 1.93 bits per heavy atom. The van der Waals surface area contributed by atoms with Crippen molar-refractivity contribution in [2.24, 2.45) is 5.73 Å². The summed E-state index contributed by atoms with van der Waals surface area (Å²) in [7, 11) is 0. The van der Waals surface area contributed by atoms with Gasteiger partial charge in [-0.2, -0.15) is 0 Å². The molecular weight excluding hydrogens is 259 g/mol. The van der Waals surface area contributed by atoms with Gasteiger partial charge in [0.25, 0.3) is 5.92 Å². The Bertz CT molecular complexity index is 394. The Balaban J connectivity index is 2.40. The van der Waals surface area contributed by atoms with Gasteiger partial charge in [-0.1, -0.05) is 6.07 Å². The number of rotatable bonds is 1. The molecule has 0 spiro atoms. The second-order valence-electron chi connectivity index (χ2n) is 3.48. The van der Waals surface area contributed by atoms with Gasteiger partial charge in [0, 0.05) is 6.42 Å². The average molecular weight is 266 g/mol. The molecule has 0 bridgehead atoms. The van der Waals surface area contributed by atoms with Crippen molar-refractivity contribution in [2.45, 2.75) is 17.9 Å². The Kier molecular flexibility index (Phi) is 1.95. The van der Waals surface area contributed by atoms with Crippen molar-refractivity contribution in [2.75, 3.05) is 0 Å². The smallest absolute Gasteiger partial charge is 0.272 e. The first kappa shape index (κ1) is 9.98. The molecule has 0 amide bonds. The summed E-state index contributed by atoms with van der Waals surface area (Å²) in [6, 6.07) is 3.84. The molecular formula is C9H7BrF3N. The Morgan fingerprint density at radius 3 is 2.36 bits per heavy atom. The minimum absolute atomic E-state index is 0.142. The van der Waals surface area contributed by atoms with Gasteiger partial charge < -0.3 is 5.73 Å². The minimum atomic E-state index is -2.91. The Labute approximate surface area is 87.2 Å². The van der Waals surface area contributed by atoms with Gasteiger partial charge in [-0.25, -0.2) is 13.2 Å². The van der Waals surface area contributed by atoms with Crippen LogP contribution in [0.5, 0.6) is 0 Å². The van der Waals surface area contributed by atoms with E-state index in [1.54, 1.807) is 0 Å². The summed E-state index contributed by atoms with van der Waals surface area (Å²) in [6.45, 7) is 0. The van der Waals surface area contributed by atoms with Gasteiger partial charge in [0.2, 0.25) is 0 Å². The Hall–Kier alpha value is -0.550. The third-order valence-corrected chi connectivity index (χ3v) is 3.11. The summed E-state index contributed by atoms with van der Waals surface area (Å²) < 4.78 is 39.0. The lowest BCUT2D eigenvalue weighted by Crippen LogP contribution is -2.27. The van der Waals surface area contributed by atoms with Crippen molar-refractivity contribution in [3.63, 3.8) is 0 Å². The number of benzene rings is 1. The monoisotopic (exact) mass is 265 g/mol. The van der Waals surface area contributed by atoms with Crippen LogP contribution in [0.25, 0.3) is 0 Å². The van der Waals surface area contributed by atoms with Crippen LogP contribution in [0, 0.1) is 5.82 Å². The first-order chi connectivity index (χ1) is 6.37. The van der Waals surface area contributed by atoms with E-state index in [2.05, 4.69) is 15.9 Å². The summed E-state index contributed by atoms with van der Waals surface area (Å²) in [5.74, 6) is -3.48. The topological polar surface area (TPSA) is 26.0 Å². The van der Waals surface area contributed by atoms with Crippen molar-refractivity contribution < 1.29 is 13.2 Å². The quantitative estimate of drug-likeness (QED) is 0.831. The van der Waals surface area contributed by atoms with Gasteiger partial charge in [-0.3, -0.25) is 0 Å². The highest BCUT2D eigenvalue weighted by atomic mass is 79.9. The highest BCUT2D eigenvalue weighted by molar-refractivity contribution is 9.10. The fourth-order valence-electron chi connectivity index (χ4n) is 1.39. The number of nitrogens with two attached hydrogens (primary N) is 1. The molecule has 1 aliphatic rings. The van der Waals surface area contributed by atoms with Crippen molar-refractivity contribution in [1.29, 1.82) is 0 Å². The third-order valence-electron chi connectivity index (χ3n) is 2.46. The van der Waals surface area contributed by atoms with Crippen LogP contribution in [-0.2, 0) is 5.54 Å². The van der Waals surface area contributed by atoms with Gasteiger partial charge in [-0.15, -0.1) is 0 Å². The van der Waals surface area contributed by atoms with E-state index in [0.717, 1.165) is 6.07 Å². The molecule has 1 saturated carbocycles. The van der Waals surface area contributed by atoms with E-state index >= 15 is 0 Å². The highest BCUT2D eigenvalue weighted by Gasteiger charge is 2.69. The second-order valence-corrected chi connectivity index (χ2v) is 4.34. The number of alkyl halides is 2. The van der Waals surface area contributed by atoms with E-state index in [4.69, 9.17) is 5.73 Å². The second kappa shape index (κ2) is 2.73. The first-order valence-electron chi connectivity index (χ1n) is 3.99. The van der Waals surface area contributed by atoms with Crippen LogP contribution in [0.3, 0.4) is 0 Å². The van der Waals surface area contributed by atoms with Crippen LogP contribution < -0.4 is 5.73 Å². The molecule has 2 rings (SSSR count). The maximum atomic E-state index is 13.0. The lowest BCUT2D eigenvalue weighted by Gasteiger charge is -2.10. The van der Waals surface area contributed by atoms with Crippen LogP contribution >= 0.6 is 15.9 Å². The van der Waals surface area contributed by atoms with Crippen LogP contribution in [0.1, 0.15) is 12.0 Å². The van der Waals surface area contributed by atoms with Crippen molar-refractivity contribution in [3.05, 3.63) is 34.1 Å². The Morgan fingerprint density at radius 1 is 1.36 bits per heavy atom. The molecule has 1 fully saturated rings. The third kappa shape index (κ3) is 1.26. The highest BCUT2D eigenvalue weighted by Crippen LogP contribution is 2.57. The minimum Gasteiger partial charge on any atom is -0.316 e.